The first-order chi connectivity index (χ1) is 14.3. The van der Waals surface area contributed by atoms with Crippen LogP contribution >= 0.6 is 0 Å². The van der Waals surface area contributed by atoms with Crippen molar-refractivity contribution >= 4 is 5.91 Å². The third-order valence-electron chi connectivity index (χ3n) is 10.4. The van der Waals surface area contributed by atoms with Crippen molar-refractivity contribution in [3.8, 4) is 0 Å². The third kappa shape index (κ3) is 3.02. The summed E-state index contributed by atoms with van der Waals surface area (Å²) in [4.78, 5) is 15.7. The van der Waals surface area contributed by atoms with Gasteiger partial charge < -0.3 is 19.8 Å². The number of ether oxygens (including phenoxy) is 1. The number of aliphatic hydroxyl groups is 2. The molecule has 0 unspecified atom stereocenters. The zero-order chi connectivity index (χ0) is 21.1. The van der Waals surface area contributed by atoms with Gasteiger partial charge in [-0.2, -0.15) is 0 Å². The van der Waals surface area contributed by atoms with Crippen molar-refractivity contribution in [2.45, 2.75) is 114 Å². The standard InChI is InChI=1S/C25H41NO4/c1-23-11-8-17(27)16-25(23,29)13-9-18-19(23)10-12-24(2)20(18)6-5-14-26(24)22(28)21-7-3-4-15-30-21/h17-21,27,29H,3-16H2,1-2H3/t17-,18-,19+,20+,21-,23-,24+,25-/m1/s1. The van der Waals surface area contributed by atoms with Gasteiger partial charge in [0.15, 0.2) is 0 Å². The van der Waals surface area contributed by atoms with E-state index in [4.69, 9.17) is 4.74 Å². The molecular weight excluding hydrogens is 378 g/mol. The van der Waals surface area contributed by atoms with Crippen molar-refractivity contribution in [2.24, 2.45) is 23.2 Å². The molecule has 0 aromatic rings. The van der Waals surface area contributed by atoms with E-state index in [0.29, 0.717) is 24.2 Å². The zero-order valence-electron chi connectivity index (χ0n) is 18.9. The van der Waals surface area contributed by atoms with E-state index in [1.807, 2.05) is 0 Å². The van der Waals surface area contributed by atoms with Crippen molar-refractivity contribution in [2.75, 3.05) is 13.2 Å². The van der Waals surface area contributed by atoms with Crippen LogP contribution in [0.4, 0.5) is 0 Å². The van der Waals surface area contributed by atoms with Crippen molar-refractivity contribution < 1.29 is 19.7 Å². The average molecular weight is 420 g/mol. The Morgan fingerprint density at radius 1 is 0.967 bits per heavy atom. The summed E-state index contributed by atoms with van der Waals surface area (Å²) in [5, 5.41) is 21.8. The summed E-state index contributed by atoms with van der Waals surface area (Å²) in [7, 11) is 0. The highest BCUT2D eigenvalue weighted by Crippen LogP contribution is 2.64. The number of amides is 1. The topological polar surface area (TPSA) is 70.0 Å². The number of aliphatic hydroxyl groups excluding tert-OH is 1. The molecule has 30 heavy (non-hydrogen) atoms. The maximum atomic E-state index is 13.5. The summed E-state index contributed by atoms with van der Waals surface area (Å²) in [6.07, 6.45) is 11.0. The molecule has 2 saturated heterocycles. The van der Waals surface area contributed by atoms with E-state index in [1.165, 1.54) is 6.42 Å². The van der Waals surface area contributed by atoms with Crippen molar-refractivity contribution in [3.05, 3.63) is 0 Å². The molecule has 8 atom stereocenters. The number of likely N-dealkylation sites (tertiary alicyclic amines) is 1. The Hall–Kier alpha value is -0.650. The number of nitrogens with zero attached hydrogens (tertiary/aromatic N) is 1. The minimum absolute atomic E-state index is 0.0721. The first-order valence-electron chi connectivity index (χ1n) is 12.6. The molecule has 5 fully saturated rings. The van der Waals surface area contributed by atoms with Crippen molar-refractivity contribution in [1.29, 1.82) is 0 Å². The molecule has 5 rings (SSSR count). The van der Waals surface area contributed by atoms with Gasteiger partial charge in [-0.25, -0.2) is 0 Å². The lowest BCUT2D eigenvalue weighted by atomic mass is 9.43. The molecule has 0 spiro atoms. The van der Waals surface area contributed by atoms with Crippen LogP contribution in [0.5, 0.6) is 0 Å². The normalized spacial score (nSPS) is 51.5. The lowest BCUT2D eigenvalue weighted by molar-refractivity contribution is -0.227. The molecule has 2 N–H and O–H groups in total. The number of piperidine rings is 1. The van der Waals surface area contributed by atoms with Gasteiger partial charge >= 0.3 is 0 Å². The second-order valence-corrected chi connectivity index (χ2v) is 11.6. The van der Waals surface area contributed by atoms with Crippen LogP contribution in [0.1, 0.15) is 90.9 Å². The zero-order valence-corrected chi connectivity index (χ0v) is 18.9. The third-order valence-corrected chi connectivity index (χ3v) is 10.4. The fourth-order valence-electron chi connectivity index (χ4n) is 8.59. The Bertz CT molecular complexity index is 678. The molecule has 170 valence electrons. The molecule has 0 radical (unpaired) electrons. The summed E-state index contributed by atoms with van der Waals surface area (Å²) in [6.45, 7) is 6.25. The summed E-state index contributed by atoms with van der Waals surface area (Å²) in [6, 6.07) is 0. The van der Waals surface area contributed by atoms with E-state index in [1.54, 1.807) is 0 Å². The van der Waals surface area contributed by atoms with Gasteiger partial charge in [0.2, 0.25) is 0 Å². The number of carbonyl (C=O) groups excluding carboxylic acids is 1. The van der Waals surface area contributed by atoms with E-state index < -0.39 is 5.60 Å². The lowest BCUT2D eigenvalue weighted by Crippen LogP contribution is -2.68. The molecule has 5 nitrogen and oxygen atoms in total. The SMILES string of the molecule is C[C@]12CC[C@H]3[C@@H](CC[C@@]4(O)C[C@H](O)CC[C@]34C)[C@@H]1CCCN2C(=O)[C@H]1CCCCO1. The van der Waals surface area contributed by atoms with E-state index >= 15 is 0 Å². The number of hydrogen-bond acceptors (Lipinski definition) is 4. The van der Waals surface area contributed by atoms with Crippen LogP contribution in [0.3, 0.4) is 0 Å². The lowest BCUT2D eigenvalue weighted by Gasteiger charge is -2.66. The van der Waals surface area contributed by atoms with E-state index in [9.17, 15) is 15.0 Å². The van der Waals surface area contributed by atoms with Crippen LogP contribution in [0.25, 0.3) is 0 Å². The van der Waals surface area contributed by atoms with Gasteiger partial charge in [0.25, 0.3) is 5.91 Å². The smallest absolute Gasteiger partial charge is 0.252 e. The molecule has 0 bridgehead atoms. The van der Waals surface area contributed by atoms with Gasteiger partial charge in [0.1, 0.15) is 6.10 Å². The summed E-state index contributed by atoms with van der Waals surface area (Å²) in [5.74, 6) is 1.83. The summed E-state index contributed by atoms with van der Waals surface area (Å²) >= 11 is 0. The molecule has 0 aromatic heterocycles. The second kappa shape index (κ2) is 7.45. The minimum atomic E-state index is -0.723. The van der Waals surface area contributed by atoms with E-state index in [2.05, 4.69) is 18.7 Å². The first kappa shape index (κ1) is 21.2. The fourth-order valence-corrected chi connectivity index (χ4v) is 8.59. The highest BCUT2D eigenvalue weighted by atomic mass is 16.5. The van der Waals surface area contributed by atoms with Gasteiger partial charge in [0, 0.05) is 25.1 Å². The Morgan fingerprint density at radius 3 is 2.57 bits per heavy atom. The molecule has 5 aliphatic rings. The molecule has 5 heteroatoms. The Labute approximate surface area is 181 Å². The summed E-state index contributed by atoms with van der Waals surface area (Å²) in [5.41, 5.74) is -0.897. The van der Waals surface area contributed by atoms with Crippen molar-refractivity contribution in [1.82, 2.24) is 4.90 Å². The fraction of sp³-hybridized carbons (Fsp3) is 0.960. The maximum absolute atomic E-state index is 13.5. The van der Waals surface area contributed by atoms with Gasteiger partial charge in [-0.3, -0.25) is 4.79 Å². The van der Waals surface area contributed by atoms with Crippen LogP contribution in [0, 0.1) is 23.2 Å². The van der Waals surface area contributed by atoms with Gasteiger partial charge in [-0.15, -0.1) is 0 Å². The molecule has 2 aliphatic heterocycles. The number of fused-ring (bicyclic) bond motifs is 5. The Kier molecular flexibility index (Phi) is 5.27. The highest BCUT2D eigenvalue weighted by Gasteiger charge is 2.64. The molecule has 3 aliphatic carbocycles. The quantitative estimate of drug-likeness (QED) is 0.681. The van der Waals surface area contributed by atoms with Crippen LogP contribution in [0.15, 0.2) is 0 Å². The number of carbonyl (C=O) groups is 1. The summed E-state index contributed by atoms with van der Waals surface area (Å²) < 4.78 is 5.89. The predicted molar refractivity (Wildman–Crippen MR) is 115 cm³/mol. The van der Waals surface area contributed by atoms with Gasteiger partial charge in [-0.05, 0) is 101 Å². The van der Waals surface area contributed by atoms with Crippen molar-refractivity contribution in [3.63, 3.8) is 0 Å². The largest absolute Gasteiger partial charge is 0.393 e. The van der Waals surface area contributed by atoms with E-state index in [0.717, 1.165) is 77.4 Å². The molecule has 3 saturated carbocycles. The number of hydrogen-bond donors (Lipinski definition) is 2. The first-order valence-corrected chi connectivity index (χ1v) is 12.6. The van der Waals surface area contributed by atoms with Crippen LogP contribution < -0.4 is 0 Å². The monoisotopic (exact) mass is 419 g/mol. The number of rotatable bonds is 1. The second-order valence-electron chi connectivity index (χ2n) is 11.6. The average Bonchev–Trinajstić information content (AvgIpc) is 2.74. The minimum Gasteiger partial charge on any atom is -0.393 e. The molecular formula is C25H41NO4. The van der Waals surface area contributed by atoms with Gasteiger partial charge in [0.05, 0.1) is 11.7 Å². The maximum Gasteiger partial charge on any atom is 0.252 e. The van der Waals surface area contributed by atoms with E-state index in [-0.39, 0.29) is 29.1 Å². The van der Waals surface area contributed by atoms with Crippen LogP contribution in [-0.4, -0.2) is 57.5 Å². The Morgan fingerprint density at radius 2 is 1.80 bits per heavy atom. The molecule has 1 amide bonds. The molecule has 2 heterocycles. The van der Waals surface area contributed by atoms with Crippen LogP contribution in [-0.2, 0) is 9.53 Å². The van der Waals surface area contributed by atoms with Crippen LogP contribution in [0.2, 0.25) is 0 Å². The predicted octanol–water partition coefficient (Wildman–Crippen LogP) is 3.66. The Balaban J connectivity index is 1.40. The molecule has 0 aromatic carbocycles. The highest BCUT2D eigenvalue weighted by molar-refractivity contribution is 5.82. The van der Waals surface area contributed by atoms with Gasteiger partial charge in [-0.1, -0.05) is 6.92 Å².